The van der Waals surface area contributed by atoms with Crippen molar-refractivity contribution in [2.45, 2.75) is 38.8 Å². The van der Waals surface area contributed by atoms with Crippen molar-refractivity contribution >= 4 is 62.3 Å². The number of nitrogens with one attached hydrogen (secondary N) is 1. The third-order valence-electron chi connectivity index (χ3n) is 5.22. The molecule has 2 amide bonds. The fourth-order valence-corrected chi connectivity index (χ4v) is 5.02. The Morgan fingerprint density at radius 1 is 1.06 bits per heavy atom. The number of benzene rings is 2. The Morgan fingerprint density at radius 3 is 2.32 bits per heavy atom. The summed E-state index contributed by atoms with van der Waals surface area (Å²) < 4.78 is 25.9. The minimum atomic E-state index is -3.59. The van der Waals surface area contributed by atoms with Crippen LogP contribution in [-0.2, 0) is 26.2 Å². The van der Waals surface area contributed by atoms with Crippen molar-refractivity contribution in [3.63, 3.8) is 0 Å². The number of likely N-dealkylation sites (N-methyl/N-ethyl adjacent to an activating group) is 1. The second kappa shape index (κ2) is 12.6. The lowest BCUT2D eigenvalue weighted by molar-refractivity contribution is -0.141. The molecule has 2 aromatic rings. The molecular formula is C23H28Cl3N3O4S. The van der Waals surface area contributed by atoms with Crippen molar-refractivity contribution in [1.82, 2.24) is 10.2 Å². The minimum Gasteiger partial charge on any atom is -0.357 e. The van der Waals surface area contributed by atoms with Crippen LogP contribution in [0.25, 0.3) is 0 Å². The van der Waals surface area contributed by atoms with Crippen LogP contribution in [0.1, 0.15) is 31.7 Å². The van der Waals surface area contributed by atoms with E-state index in [0.717, 1.165) is 11.8 Å². The molecule has 7 nitrogen and oxygen atoms in total. The number of amides is 2. The van der Waals surface area contributed by atoms with E-state index in [0.29, 0.717) is 27.2 Å². The lowest BCUT2D eigenvalue weighted by atomic mass is 10.1. The van der Waals surface area contributed by atoms with Gasteiger partial charge in [-0.2, -0.15) is 0 Å². The number of carbonyl (C=O) groups is 2. The topological polar surface area (TPSA) is 86.8 Å². The van der Waals surface area contributed by atoms with E-state index in [1.807, 2.05) is 6.92 Å². The molecule has 1 N–H and O–H groups in total. The zero-order valence-electron chi connectivity index (χ0n) is 19.2. The van der Waals surface area contributed by atoms with Gasteiger partial charge < -0.3 is 10.2 Å². The summed E-state index contributed by atoms with van der Waals surface area (Å²) in [6.07, 6.45) is 1.80. The van der Waals surface area contributed by atoms with E-state index in [1.165, 1.54) is 16.3 Å². The predicted molar refractivity (Wildman–Crippen MR) is 138 cm³/mol. The molecule has 1 atom stereocenters. The average molecular weight is 549 g/mol. The zero-order valence-corrected chi connectivity index (χ0v) is 22.3. The third-order valence-corrected chi connectivity index (χ3v) is 7.39. The maximum Gasteiger partial charge on any atom is 0.242 e. The highest BCUT2D eigenvalue weighted by molar-refractivity contribution is 7.92. The van der Waals surface area contributed by atoms with Crippen LogP contribution >= 0.6 is 34.8 Å². The van der Waals surface area contributed by atoms with Crippen molar-refractivity contribution in [1.29, 1.82) is 0 Å². The first kappa shape index (κ1) is 28.2. The zero-order chi connectivity index (χ0) is 25.5. The summed E-state index contributed by atoms with van der Waals surface area (Å²) in [6.45, 7) is 2.06. The summed E-state index contributed by atoms with van der Waals surface area (Å²) in [4.78, 5) is 27.2. The second-order valence-electron chi connectivity index (χ2n) is 7.73. The normalized spacial score (nSPS) is 12.2. The minimum absolute atomic E-state index is 0.0431. The molecule has 1 unspecified atom stereocenters. The van der Waals surface area contributed by atoms with Gasteiger partial charge in [-0.3, -0.25) is 13.9 Å². The van der Waals surface area contributed by atoms with Crippen LogP contribution in [0.4, 0.5) is 5.69 Å². The first-order chi connectivity index (χ1) is 16.0. The van der Waals surface area contributed by atoms with E-state index in [2.05, 4.69) is 5.32 Å². The maximum atomic E-state index is 13.2. The van der Waals surface area contributed by atoms with Gasteiger partial charge in [0.1, 0.15) is 6.04 Å². The van der Waals surface area contributed by atoms with E-state index in [1.54, 1.807) is 42.5 Å². The van der Waals surface area contributed by atoms with Gasteiger partial charge in [-0.1, -0.05) is 53.9 Å². The fraction of sp³-hybridized carbons (Fsp3) is 0.391. The molecule has 2 aromatic carbocycles. The third kappa shape index (κ3) is 7.77. The van der Waals surface area contributed by atoms with Crippen molar-refractivity contribution in [3.8, 4) is 0 Å². The highest BCUT2D eigenvalue weighted by Gasteiger charge is 2.28. The van der Waals surface area contributed by atoms with Crippen LogP contribution in [0.5, 0.6) is 0 Å². The largest absolute Gasteiger partial charge is 0.357 e. The Balaban J connectivity index is 2.21. The van der Waals surface area contributed by atoms with Crippen LogP contribution < -0.4 is 9.62 Å². The van der Waals surface area contributed by atoms with Crippen molar-refractivity contribution in [3.05, 3.63) is 63.1 Å². The van der Waals surface area contributed by atoms with Gasteiger partial charge in [0.2, 0.25) is 21.8 Å². The summed E-state index contributed by atoms with van der Waals surface area (Å²) in [7, 11) is -2.07. The standard InChI is InChI=1S/C23H28Cl3N3O4S/c1-4-21(23(31)27-2)28(15-16-10-11-19(25)20(26)13-16)22(30)9-6-12-29(34(3,32)33)18-8-5-7-17(24)14-18/h5,7-8,10-11,13-14,21H,4,6,9,12,15H2,1-3H3,(H,27,31). The van der Waals surface area contributed by atoms with Crippen LogP contribution in [0, 0.1) is 0 Å². The van der Waals surface area contributed by atoms with Gasteiger partial charge in [0.25, 0.3) is 0 Å². The van der Waals surface area contributed by atoms with E-state index < -0.39 is 16.1 Å². The number of sulfonamides is 1. The summed E-state index contributed by atoms with van der Waals surface area (Å²) >= 11 is 18.1. The van der Waals surface area contributed by atoms with Gasteiger partial charge in [-0.05, 0) is 48.7 Å². The molecular weight excluding hydrogens is 521 g/mol. The first-order valence-corrected chi connectivity index (χ1v) is 13.6. The number of anilines is 1. The number of carbonyl (C=O) groups excluding carboxylic acids is 2. The van der Waals surface area contributed by atoms with Gasteiger partial charge in [-0.15, -0.1) is 0 Å². The van der Waals surface area contributed by atoms with Crippen LogP contribution in [-0.4, -0.2) is 51.0 Å². The van der Waals surface area contributed by atoms with E-state index in [9.17, 15) is 18.0 Å². The number of halogens is 3. The summed E-state index contributed by atoms with van der Waals surface area (Å²) in [5.41, 5.74) is 1.15. The van der Waals surface area contributed by atoms with E-state index in [-0.39, 0.29) is 37.7 Å². The number of nitrogens with zero attached hydrogens (tertiary/aromatic N) is 2. The lowest BCUT2D eigenvalue weighted by Gasteiger charge is -2.31. The smallest absolute Gasteiger partial charge is 0.242 e. The van der Waals surface area contributed by atoms with Crippen LogP contribution in [0.15, 0.2) is 42.5 Å². The molecule has 0 aliphatic rings. The Hall–Kier alpha value is -2.00. The Bertz CT molecular complexity index is 1130. The molecule has 0 spiro atoms. The van der Waals surface area contributed by atoms with Crippen LogP contribution in [0.3, 0.4) is 0 Å². The van der Waals surface area contributed by atoms with Crippen LogP contribution in [0.2, 0.25) is 15.1 Å². The van der Waals surface area contributed by atoms with E-state index in [4.69, 9.17) is 34.8 Å². The first-order valence-electron chi connectivity index (χ1n) is 10.7. The Kier molecular flexibility index (Phi) is 10.5. The number of hydrogen-bond donors (Lipinski definition) is 1. The highest BCUT2D eigenvalue weighted by atomic mass is 35.5. The van der Waals surface area contributed by atoms with Crippen molar-refractivity contribution in [2.75, 3.05) is 24.2 Å². The quantitative estimate of drug-likeness (QED) is 0.439. The Morgan fingerprint density at radius 2 is 1.76 bits per heavy atom. The summed E-state index contributed by atoms with van der Waals surface area (Å²) in [6, 6.07) is 10.9. The van der Waals surface area contributed by atoms with Gasteiger partial charge >= 0.3 is 0 Å². The summed E-state index contributed by atoms with van der Waals surface area (Å²) in [5.74, 6) is -0.561. The van der Waals surface area contributed by atoms with Gasteiger partial charge in [-0.25, -0.2) is 8.42 Å². The molecule has 11 heteroatoms. The van der Waals surface area contributed by atoms with Crippen molar-refractivity contribution in [2.24, 2.45) is 0 Å². The van der Waals surface area contributed by atoms with Gasteiger partial charge in [0.05, 0.1) is 22.0 Å². The molecule has 0 saturated heterocycles. The fourth-order valence-electron chi connectivity index (χ4n) is 3.56. The molecule has 0 aliphatic heterocycles. The molecule has 0 fully saturated rings. The van der Waals surface area contributed by atoms with E-state index >= 15 is 0 Å². The van der Waals surface area contributed by atoms with Crippen molar-refractivity contribution < 1.29 is 18.0 Å². The van der Waals surface area contributed by atoms with Gasteiger partial charge in [0, 0.05) is 31.6 Å². The van der Waals surface area contributed by atoms with Gasteiger partial charge in [0.15, 0.2) is 0 Å². The SMILES string of the molecule is CCC(C(=O)NC)N(Cc1ccc(Cl)c(Cl)c1)C(=O)CCCN(c1cccc(Cl)c1)S(C)(=O)=O. The molecule has 0 aliphatic carbocycles. The maximum absolute atomic E-state index is 13.2. The number of hydrogen-bond acceptors (Lipinski definition) is 4. The molecule has 34 heavy (non-hydrogen) atoms. The number of rotatable bonds is 11. The molecule has 0 saturated carbocycles. The second-order valence-corrected chi connectivity index (χ2v) is 10.9. The summed E-state index contributed by atoms with van der Waals surface area (Å²) in [5, 5.41) is 3.75. The Labute approximate surface area is 216 Å². The molecule has 0 bridgehead atoms. The predicted octanol–water partition coefficient (Wildman–Crippen LogP) is 4.75. The molecule has 0 aromatic heterocycles. The lowest BCUT2D eigenvalue weighted by Crippen LogP contribution is -2.48. The molecule has 186 valence electrons. The average Bonchev–Trinajstić information content (AvgIpc) is 2.77. The highest BCUT2D eigenvalue weighted by Crippen LogP contribution is 2.25. The monoisotopic (exact) mass is 547 g/mol. The molecule has 0 heterocycles. The molecule has 0 radical (unpaired) electrons. The molecule has 2 rings (SSSR count).